The zero-order valence-electron chi connectivity index (χ0n) is 12.2. The van der Waals surface area contributed by atoms with Crippen molar-refractivity contribution in [1.82, 2.24) is 0 Å². The highest BCUT2D eigenvalue weighted by Gasteiger charge is 2.54. The molecule has 0 saturated carbocycles. The van der Waals surface area contributed by atoms with Gasteiger partial charge in [-0.15, -0.1) is 0 Å². The summed E-state index contributed by atoms with van der Waals surface area (Å²) in [4.78, 5) is 0. The average Bonchev–Trinajstić information content (AvgIpc) is 2.34. The summed E-state index contributed by atoms with van der Waals surface area (Å²) in [7, 11) is 0. The molecule has 0 aliphatic carbocycles. The van der Waals surface area contributed by atoms with Crippen LogP contribution in [0.15, 0.2) is 0 Å². The third-order valence-corrected chi connectivity index (χ3v) is 5.07. The third kappa shape index (κ3) is 2.50. The van der Waals surface area contributed by atoms with Crippen LogP contribution in [-0.4, -0.2) is 24.2 Å². The SMILES string of the molecule is CCC(C)C(N)(CN)C(N)(CN)C(C)(C)CC. The number of hydrogen-bond donors (Lipinski definition) is 4. The molecule has 104 valence electrons. The summed E-state index contributed by atoms with van der Waals surface area (Å²) in [6.45, 7) is 11.3. The molecule has 0 aromatic rings. The van der Waals surface area contributed by atoms with Crippen LogP contribution in [0.5, 0.6) is 0 Å². The summed E-state index contributed by atoms with van der Waals surface area (Å²) >= 11 is 0. The molecule has 0 amide bonds. The van der Waals surface area contributed by atoms with Gasteiger partial charge in [0.05, 0.1) is 11.1 Å². The summed E-state index contributed by atoms with van der Waals surface area (Å²) in [5.74, 6) is 0.242. The minimum atomic E-state index is -0.654. The maximum Gasteiger partial charge on any atom is 0.0527 e. The molecule has 0 fully saturated rings. The topological polar surface area (TPSA) is 104 Å². The molecular weight excluding hydrogens is 212 g/mol. The first kappa shape index (κ1) is 16.8. The lowest BCUT2D eigenvalue weighted by Gasteiger charge is -2.56. The Labute approximate surface area is 106 Å². The Balaban J connectivity index is 5.61. The summed E-state index contributed by atoms with van der Waals surface area (Å²) in [6.07, 6.45) is 1.88. The van der Waals surface area contributed by atoms with E-state index in [2.05, 4.69) is 34.6 Å². The molecule has 0 rings (SSSR count). The van der Waals surface area contributed by atoms with Crippen molar-refractivity contribution in [3.05, 3.63) is 0 Å². The molecule has 8 N–H and O–H groups in total. The minimum absolute atomic E-state index is 0.140. The zero-order valence-corrected chi connectivity index (χ0v) is 12.2. The summed E-state index contributed by atoms with van der Waals surface area (Å²) in [5, 5.41) is 0. The largest absolute Gasteiger partial charge is 0.329 e. The normalized spacial score (nSPS) is 21.7. The Bertz CT molecular complexity index is 242. The maximum atomic E-state index is 6.62. The van der Waals surface area contributed by atoms with Gasteiger partial charge in [0, 0.05) is 13.1 Å². The average molecular weight is 244 g/mol. The smallest absolute Gasteiger partial charge is 0.0527 e. The van der Waals surface area contributed by atoms with Crippen molar-refractivity contribution in [3.63, 3.8) is 0 Å². The van der Waals surface area contributed by atoms with Crippen molar-refractivity contribution >= 4 is 0 Å². The molecule has 0 bridgehead atoms. The highest BCUT2D eigenvalue weighted by Crippen LogP contribution is 2.41. The zero-order chi connectivity index (χ0) is 13.9. The number of hydrogen-bond acceptors (Lipinski definition) is 4. The van der Waals surface area contributed by atoms with Gasteiger partial charge in [-0.05, 0) is 17.8 Å². The van der Waals surface area contributed by atoms with Crippen LogP contribution in [0, 0.1) is 11.3 Å². The van der Waals surface area contributed by atoms with Crippen molar-refractivity contribution in [1.29, 1.82) is 0 Å². The predicted octanol–water partition coefficient (Wildman–Crippen LogP) is 0.781. The quantitative estimate of drug-likeness (QED) is 0.531. The predicted molar refractivity (Wildman–Crippen MR) is 75.5 cm³/mol. The molecule has 0 heterocycles. The van der Waals surface area contributed by atoms with Crippen LogP contribution in [0.4, 0.5) is 0 Å². The molecule has 0 radical (unpaired) electrons. The fraction of sp³-hybridized carbons (Fsp3) is 1.00. The molecule has 17 heavy (non-hydrogen) atoms. The van der Waals surface area contributed by atoms with E-state index in [4.69, 9.17) is 22.9 Å². The standard InChI is InChI=1S/C13H32N4/c1-6-10(3)12(16,8-14)13(17,9-15)11(4,5)7-2/h10H,6-9,14-17H2,1-5H3. The molecule has 0 aliphatic heterocycles. The van der Waals surface area contributed by atoms with Crippen molar-refractivity contribution in [2.24, 2.45) is 34.3 Å². The molecule has 4 heteroatoms. The Hall–Kier alpha value is -0.160. The van der Waals surface area contributed by atoms with E-state index in [9.17, 15) is 0 Å². The van der Waals surface area contributed by atoms with E-state index in [-0.39, 0.29) is 11.3 Å². The van der Waals surface area contributed by atoms with E-state index in [1.165, 1.54) is 0 Å². The Kier molecular flexibility index (Phi) is 5.60. The lowest BCUT2D eigenvalue weighted by molar-refractivity contribution is 0.0422. The molecule has 3 atom stereocenters. The van der Waals surface area contributed by atoms with E-state index < -0.39 is 11.1 Å². The van der Waals surface area contributed by atoms with Gasteiger partial charge >= 0.3 is 0 Å². The van der Waals surface area contributed by atoms with Gasteiger partial charge in [0.2, 0.25) is 0 Å². The van der Waals surface area contributed by atoms with Crippen LogP contribution in [0.1, 0.15) is 47.5 Å². The van der Waals surface area contributed by atoms with Gasteiger partial charge in [0.25, 0.3) is 0 Å². The van der Waals surface area contributed by atoms with Gasteiger partial charge in [-0.2, -0.15) is 0 Å². The van der Waals surface area contributed by atoms with Crippen LogP contribution in [0.25, 0.3) is 0 Å². The van der Waals surface area contributed by atoms with Crippen molar-refractivity contribution < 1.29 is 0 Å². The van der Waals surface area contributed by atoms with Crippen LogP contribution in [0.2, 0.25) is 0 Å². The minimum Gasteiger partial charge on any atom is -0.329 e. The van der Waals surface area contributed by atoms with Crippen LogP contribution in [-0.2, 0) is 0 Å². The second kappa shape index (κ2) is 5.65. The van der Waals surface area contributed by atoms with Gasteiger partial charge in [-0.3, -0.25) is 0 Å². The van der Waals surface area contributed by atoms with Crippen molar-refractivity contribution in [3.8, 4) is 0 Å². The monoisotopic (exact) mass is 244 g/mol. The molecule has 4 nitrogen and oxygen atoms in total. The van der Waals surface area contributed by atoms with Crippen molar-refractivity contribution in [2.45, 2.75) is 58.5 Å². The summed E-state index contributed by atoms with van der Waals surface area (Å²) < 4.78 is 0. The second-order valence-corrected chi connectivity index (χ2v) is 5.97. The molecule has 3 unspecified atom stereocenters. The fourth-order valence-corrected chi connectivity index (χ4v) is 2.60. The van der Waals surface area contributed by atoms with Gasteiger partial charge in [0.15, 0.2) is 0 Å². The van der Waals surface area contributed by atoms with E-state index in [0.717, 1.165) is 12.8 Å². The first-order valence-corrected chi connectivity index (χ1v) is 6.64. The number of nitrogens with two attached hydrogens (primary N) is 4. The lowest BCUT2D eigenvalue weighted by Crippen LogP contribution is -2.79. The fourth-order valence-electron chi connectivity index (χ4n) is 2.60. The van der Waals surface area contributed by atoms with Crippen molar-refractivity contribution in [2.75, 3.05) is 13.1 Å². The van der Waals surface area contributed by atoms with Gasteiger partial charge in [0.1, 0.15) is 0 Å². The Morgan fingerprint density at radius 2 is 1.47 bits per heavy atom. The highest BCUT2D eigenvalue weighted by atomic mass is 15.0. The first-order valence-electron chi connectivity index (χ1n) is 6.64. The van der Waals surface area contributed by atoms with E-state index in [0.29, 0.717) is 13.1 Å². The Morgan fingerprint density at radius 1 is 1.00 bits per heavy atom. The molecular formula is C13H32N4. The van der Waals surface area contributed by atoms with Crippen LogP contribution < -0.4 is 22.9 Å². The van der Waals surface area contributed by atoms with Crippen LogP contribution in [0.3, 0.4) is 0 Å². The molecule has 0 saturated heterocycles. The lowest BCUT2D eigenvalue weighted by atomic mass is 9.57. The highest BCUT2D eigenvalue weighted by molar-refractivity contribution is 5.16. The van der Waals surface area contributed by atoms with E-state index >= 15 is 0 Å². The summed E-state index contributed by atoms with van der Waals surface area (Å²) in [6, 6.07) is 0. The maximum absolute atomic E-state index is 6.62. The van der Waals surface area contributed by atoms with Gasteiger partial charge in [-0.25, -0.2) is 0 Å². The second-order valence-electron chi connectivity index (χ2n) is 5.97. The van der Waals surface area contributed by atoms with Gasteiger partial charge < -0.3 is 22.9 Å². The van der Waals surface area contributed by atoms with E-state index in [1.807, 2.05) is 0 Å². The van der Waals surface area contributed by atoms with Gasteiger partial charge in [-0.1, -0.05) is 41.0 Å². The molecule has 0 aromatic carbocycles. The first-order chi connectivity index (χ1) is 7.66. The Morgan fingerprint density at radius 3 is 1.71 bits per heavy atom. The van der Waals surface area contributed by atoms with E-state index in [1.54, 1.807) is 0 Å². The third-order valence-electron chi connectivity index (χ3n) is 5.07. The number of rotatable bonds is 7. The summed E-state index contributed by atoms with van der Waals surface area (Å²) in [5.41, 5.74) is 23.7. The molecule has 0 aliphatic rings. The van der Waals surface area contributed by atoms with Crippen LogP contribution >= 0.6 is 0 Å². The molecule has 0 aromatic heterocycles. The molecule has 0 spiro atoms.